The second kappa shape index (κ2) is 41.8. The minimum absolute atomic E-state index is 0.0487. The van der Waals surface area contributed by atoms with Gasteiger partial charge in [-0.15, -0.1) is 0 Å². The van der Waals surface area contributed by atoms with Crippen LogP contribution in [0, 0.1) is 0 Å². The van der Waals surface area contributed by atoms with Crippen LogP contribution in [0.4, 0.5) is 0 Å². The molecular weight excluding hydrogens is 848 g/mol. The van der Waals surface area contributed by atoms with Crippen molar-refractivity contribution in [3.63, 3.8) is 0 Å². The summed E-state index contributed by atoms with van der Waals surface area (Å²) in [6, 6.07) is 0. The SMILES string of the molecule is CCCCC/C=C\C/C=C\CCCCCCCC(=O)OC[C@H](COP(=O)(O)OCCNC(=O)CCCCCN1C(=O)C=CC1=O)OC(=O)CCCCCCC/C=C\C/C=C\CCCCC. The number of hydrogen-bond donors (Lipinski definition) is 2. The van der Waals surface area contributed by atoms with E-state index in [4.69, 9.17) is 18.5 Å². The highest BCUT2D eigenvalue weighted by Crippen LogP contribution is 2.43. The van der Waals surface area contributed by atoms with E-state index in [1.165, 1.54) is 50.7 Å². The van der Waals surface area contributed by atoms with Crippen molar-refractivity contribution < 1.29 is 52.0 Å². The third-order valence-corrected chi connectivity index (χ3v) is 11.7. The number of amides is 3. The number of phosphoric ester groups is 1. The molecule has 0 spiro atoms. The van der Waals surface area contributed by atoms with Gasteiger partial charge in [0.2, 0.25) is 5.91 Å². The Bertz CT molecular complexity index is 1470. The highest BCUT2D eigenvalue weighted by atomic mass is 31.2. The number of esters is 2. The molecule has 0 saturated carbocycles. The first-order valence-electron chi connectivity index (χ1n) is 24.9. The topological polar surface area (TPSA) is 175 Å². The lowest BCUT2D eigenvalue weighted by Crippen LogP contribution is -2.31. The number of unbranched alkanes of at least 4 members (excludes halogenated alkanes) is 18. The molecule has 1 rings (SSSR count). The van der Waals surface area contributed by atoms with Crippen LogP contribution in [-0.2, 0) is 47.1 Å². The van der Waals surface area contributed by atoms with E-state index in [9.17, 15) is 33.4 Å². The molecule has 0 bridgehead atoms. The summed E-state index contributed by atoms with van der Waals surface area (Å²) < 4.78 is 33.8. The van der Waals surface area contributed by atoms with Crippen LogP contribution in [-0.4, -0.2) is 78.5 Å². The Morgan fingerprint density at radius 1 is 0.600 bits per heavy atom. The van der Waals surface area contributed by atoms with Crippen LogP contribution < -0.4 is 5.32 Å². The minimum atomic E-state index is -4.61. The number of carbonyl (C=O) groups is 5. The van der Waals surface area contributed by atoms with E-state index in [1.807, 2.05) is 0 Å². The average molecular weight is 933 g/mol. The number of imide groups is 1. The van der Waals surface area contributed by atoms with Crippen molar-refractivity contribution in [2.45, 2.75) is 200 Å². The maximum Gasteiger partial charge on any atom is 0.472 e. The van der Waals surface area contributed by atoms with Crippen molar-refractivity contribution in [3.8, 4) is 0 Å². The number of allylic oxidation sites excluding steroid dienone is 8. The van der Waals surface area contributed by atoms with Crippen LogP contribution in [0.25, 0.3) is 0 Å². The van der Waals surface area contributed by atoms with Crippen LogP contribution >= 0.6 is 7.82 Å². The van der Waals surface area contributed by atoms with Crippen molar-refractivity contribution in [1.82, 2.24) is 10.2 Å². The monoisotopic (exact) mass is 933 g/mol. The van der Waals surface area contributed by atoms with Gasteiger partial charge in [-0.1, -0.05) is 133 Å². The van der Waals surface area contributed by atoms with Crippen molar-refractivity contribution in [2.24, 2.45) is 0 Å². The summed E-state index contributed by atoms with van der Waals surface area (Å²) in [5.74, 6) is -1.91. The van der Waals surface area contributed by atoms with E-state index in [0.29, 0.717) is 38.6 Å². The van der Waals surface area contributed by atoms with Gasteiger partial charge in [0.1, 0.15) is 6.61 Å². The first kappa shape index (κ1) is 59.4. The molecule has 14 heteroatoms. The van der Waals surface area contributed by atoms with Crippen LogP contribution in [0.15, 0.2) is 60.8 Å². The fourth-order valence-corrected chi connectivity index (χ4v) is 7.57. The van der Waals surface area contributed by atoms with Crippen molar-refractivity contribution in [3.05, 3.63) is 60.8 Å². The average Bonchev–Trinajstić information content (AvgIpc) is 3.61. The second-order valence-corrected chi connectivity index (χ2v) is 18.1. The third kappa shape index (κ3) is 37.2. The summed E-state index contributed by atoms with van der Waals surface area (Å²) in [5.41, 5.74) is 0. The zero-order valence-electron chi connectivity index (χ0n) is 40.1. The standard InChI is InChI=1S/C51H85N2O11P/c1-3-5-7-9-11-13-15-17-19-21-23-25-27-29-33-37-50(57)61-44-46(64-51(58)38-34-30-28-26-24-22-20-18-16-14-12-10-8-6-4-2)45-63-65(59,60)62-43-41-52-47(54)36-32-31-35-42-53-48(55)39-40-49(53)56/h11-14,17-20,39-40,46H,3-10,15-16,21-38,41-45H2,1-2H3,(H,52,54)(H,59,60)/b13-11-,14-12-,19-17-,20-18-/t46-/m1/s1. The molecule has 0 aromatic carbocycles. The molecule has 1 aliphatic heterocycles. The maximum atomic E-state index is 12.8. The summed E-state index contributed by atoms with van der Waals surface area (Å²) in [5, 5.41) is 2.61. The van der Waals surface area contributed by atoms with E-state index < -0.39 is 32.5 Å². The van der Waals surface area contributed by atoms with Crippen LogP contribution in [0.3, 0.4) is 0 Å². The molecule has 1 heterocycles. The number of carbonyl (C=O) groups excluding carboxylic acids is 5. The number of nitrogens with one attached hydrogen (secondary N) is 1. The smallest absolute Gasteiger partial charge is 0.462 e. The van der Waals surface area contributed by atoms with E-state index in [0.717, 1.165) is 94.8 Å². The molecule has 0 radical (unpaired) electrons. The Kier molecular flexibility index (Phi) is 38.2. The van der Waals surface area contributed by atoms with Gasteiger partial charge in [0, 0.05) is 44.5 Å². The molecule has 1 aliphatic rings. The first-order chi connectivity index (χ1) is 31.6. The number of phosphoric acid groups is 1. The minimum Gasteiger partial charge on any atom is -0.462 e. The molecule has 0 aliphatic carbocycles. The summed E-state index contributed by atoms with van der Waals surface area (Å²) in [6.07, 6.45) is 44.8. The molecule has 0 aromatic rings. The van der Waals surface area contributed by atoms with Gasteiger partial charge in [0.25, 0.3) is 11.8 Å². The predicted octanol–water partition coefficient (Wildman–Crippen LogP) is 11.8. The normalized spacial score (nSPS) is 14.4. The zero-order valence-corrected chi connectivity index (χ0v) is 41.0. The predicted molar refractivity (Wildman–Crippen MR) is 259 cm³/mol. The van der Waals surface area contributed by atoms with Crippen molar-refractivity contribution in [2.75, 3.05) is 32.9 Å². The van der Waals surface area contributed by atoms with Crippen LogP contribution in [0.5, 0.6) is 0 Å². The van der Waals surface area contributed by atoms with E-state index in [2.05, 4.69) is 67.8 Å². The number of hydrogen-bond acceptors (Lipinski definition) is 10. The van der Waals surface area contributed by atoms with Crippen molar-refractivity contribution >= 4 is 37.5 Å². The third-order valence-electron chi connectivity index (χ3n) is 10.7. The molecule has 0 aromatic heterocycles. The molecule has 0 fully saturated rings. The summed E-state index contributed by atoms with van der Waals surface area (Å²) >= 11 is 0. The van der Waals surface area contributed by atoms with E-state index in [1.54, 1.807) is 0 Å². The molecule has 2 atom stereocenters. The quantitative estimate of drug-likeness (QED) is 0.0196. The fraction of sp³-hybridized carbons (Fsp3) is 0.706. The summed E-state index contributed by atoms with van der Waals surface area (Å²) in [6.45, 7) is 3.50. The molecule has 370 valence electrons. The molecule has 65 heavy (non-hydrogen) atoms. The van der Waals surface area contributed by atoms with E-state index >= 15 is 0 Å². The molecular formula is C51H85N2O11P. The highest BCUT2D eigenvalue weighted by molar-refractivity contribution is 7.47. The fourth-order valence-electron chi connectivity index (χ4n) is 6.82. The molecule has 2 N–H and O–H groups in total. The van der Waals surface area contributed by atoms with Crippen molar-refractivity contribution in [1.29, 1.82) is 0 Å². The number of nitrogens with zero attached hydrogens (tertiary/aromatic N) is 1. The Balaban J connectivity index is 2.41. The Morgan fingerprint density at radius 2 is 1.06 bits per heavy atom. The van der Waals surface area contributed by atoms with Gasteiger partial charge in [0.05, 0.1) is 13.2 Å². The van der Waals surface area contributed by atoms with Gasteiger partial charge >= 0.3 is 19.8 Å². The number of rotatable bonds is 44. The first-order valence-corrected chi connectivity index (χ1v) is 26.4. The van der Waals surface area contributed by atoms with Crippen LogP contribution in [0.2, 0.25) is 0 Å². The molecule has 13 nitrogen and oxygen atoms in total. The van der Waals surface area contributed by atoms with E-state index in [-0.39, 0.29) is 56.7 Å². The zero-order chi connectivity index (χ0) is 47.5. The maximum absolute atomic E-state index is 12.8. The summed E-state index contributed by atoms with van der Waals surface area (Å²) in [4.78, 5) is 72.3. The van der Waals surface area contributed by atoms with Gasteiger partial charge < -0.3 is 19.7 Å². The van der Waals surface area contributed by atoms with Gasteiger partial charge in [-0.05, 0) is 89.9 Å². The lowest BCUT2D eigenvalue weighted by molar-refractivity contribution is -0.161. The van der Waals surface area contributed by atoms with Gasteiger partial charge in [-0.25, -0.2) is 4.57 Å². The molecule has 1 unspecified atom stereocenters. The Labute approximate surface area is 391 Å². The second-order valence-electron chi connectivity index (χ2n) is 16.7. The Morgan fingerprint density at radius 3 is 1.60 bits per heavy atom. The van der Waals surface area contributed by atoms with Gasteiger partial charge in [-0.3, -0.25) is 37.9 Å². The molecule has 3 amide bonds. The van der Waals surface area contributed by atoms with Gasteiger partial charge in [0.15, 0.2) is 6.10 Å². The Hall–Kier alpha value is -3.64. The lowest BCUT2D eigenvalue weighted by Gasteiger charge is -2.20. The largest absolute Gasteiger partial charge is 0.472 e. The lowest BCUT2D eigenvalue weighted by atomic mass is 10.1. The van der Waals surface area contributed by atoms with Gasteiger partial charge in [-0.2, -0.15) is 0 Å². The number of ether oxygens (including phenoxy) is 2. The molecule has 0 saturated heterocycles. The summed E-state index contributed by atoms with van der Waals surface area (Å²) in [7, 11) is -4.61. The highest BCUT2D eigenvalue weighted by Gasteiger charge is 2.26. The van der Waals surface area contributed by atoms with Crippen LogP contribution in [0.1, 0.15) is 194 Å².